The number of benzene rings is 2. The minimum atomic E-state index is -3.64. The summed E-state index contributed by atoms with van der Waals surface area (Å²) in [6.07, 6.45) is 2.76. The fraction of sp³-hybridized carbons (Fsp3) is 0.458. The van der Waals surface area contributed by atoms with E-state index in [1.807, 2.05) is 24.3 Å². The number of piperazine rings is 1. The van der Waals surface area contributed by atoms with Crippen LogP contribution in [0.3, 0.4) is 0 Å². The number of piperidine rings is 1. The molecule has 0 aromatic heterocycles. The molecule has 0 spiro atoms. The van der Waals surface area contributed by atoms with Gasteiger partial charge in [0, 0.05) is 39.3 Å². The minimum Gasteiger partial charge on any atom is -0.496 e. The summed E-state index contributed by atoms with van der Waals surface area (Å²) in [6.45, 7) is 3.37. The number of carbonyl (C=O) groups excluding carboxylic acids is 1. The van der Waals surface area contributed by atoms with Crippen LogP contribution in [-0.2, 0) is 10.0 Å². The van der Waals surface area contributed by atoms with Gasteiger partial charge in [0.05, 0.1) is 30.4 Å². The first-order valence-corrected chi connectivity index (χ1v) is 12.7. The molecule has 8 nitrogen and oxygen atoms in total. The third-order valence-corrected chi connectivity index (χ3v) is 8.24. The van der Waals surface area contributed by atoms with Crippen molar-refractivity contribution in [2.45, 2.75) is 24.2 Å². The van der Waals surface area contributed by atoms with Gasteiger partial charge in [-0.25, -0.2) is 8.42 Å². The largest absolute Gasteiger partial charge is 0.496 e. The maximum absolute atomic E-state index is 13.4. The van der Waals surface area contributed by atoms with Crippen LogP contribution in [0, 0.1) is 0 Å². The molecule has 4 rings (SSSR count). The topological polar surface area (TPSA) is 79.4 Å². The molecule has 0 N–H and O–H groups in total. The average Bonchev–Trinajstić information content (AvgIpc) is 2.88. The maximum Gasteiger partial charge on any atom is 0.257 e. The summed E-state index contributed by atoms with van der Waals surface area (Å²) >= 11 is 0. The van der Waals surface area contributed by atoms with Gasteiger partial charge in [-0.3, -0.25) is 4.79 Å². The normalized spacial score (nSPS) is 17.6. The summed E-state index contributed by atoms with van der Waals surface area (Å²) in [6, 6.07) is 12.4. The number of ether oxygens (including phenoxy) is 2. The molecule has 0 radical (unpaired) electrons. The van der Waals surface area contributed by atoms with Crippen molar-refractivity contribution in [1.29, 1.82) is 0 Å². The molecule has 2 fully saturated rings. The molecule has 0 bridgehead atoms. The summed E-state index contributed by atoms with van der Waals surface area (Å²) in [7, 11) is -0.502. The van der Waals surface area contributed by atoms with Crippen molar-refractivity contribution in [1.82, 2.24) is 9.21 Å². The second kappa shape index (κ2) is 10.0. The van der Waals surface area contributed by atoms with Gasteiger partial charge in [0.25, 0.3) is 5.91 Å². The Morgan fingerprint density at radius 1 is 0.818 bits per heavy atom. The Hall–Kier alpha value is -2.78. The molecule has 33 heavy (non-hydrogen) atoms. The Labute approximate surface area is 195 Å². The molecule has 2 aromatic rings. The Kier molecular flexibility index (Phi) is 7.09. The lowest BCUT2D eigenvalue weighted by Crippen LogP contribution is -2.49. The van der Waals surface area contributed by atoms with E-state index in [1.54, 1.807) is 18.1 Å². The zero-order valence-electron chi connectivity index (χ0n) is 19.2. The average molecular weight is 474 g/mol. The van der Waals surface area contributed by atoms with Crippen LogP contribution in [-0.4, -0.2) is 77.0 Å². The van der Waals surface area contributed by atoms with Crippen LogP contribution in [0.2, 0.25) is 0 Å². The fourth-order valence-electron chi connectivity index (χ4n) is 4.48. The zero-order chi connectivity index (χ0) is 23.4. The molecule has 0 unspecified atom stereocenters. The van der Waals surface area contributed by atoms with Crippen LogP contribution in [0.5, 0.6) is 11.5 Å². The Morgan fingerprint density at radius 2 is 1.48 bits per heavy atom. The molecule has 178 valence electrons. The van der Waals surface area contributed by atoms with Gasteiger partial charge in [-0.1, -0.05) is 18.6 Å². The lowest BCUT2D eigenvalue weighted by atomic mass is 10.1. The first kappa shape index (κ1) is 23.4. The third-order valence-electron chi connectivity index (χ3n) is 6.35. The Bertz CT molecular complexity index is 1090. The van der Waals surface area contributed by atoms with E-state index < -0.39 is 10.0 Å². The molecule has 1 amide bonds. The number of hydrogen-bond acceptors (Lipinski definition) is 6. The molecule has 0 atom stereocenters. The van der Waals surface area contributed by atoms with Crippen LogP contribution in [0.25, 0.3) is 0 Å². The van der Waals surface area contributed by atoms with Crippen LogP contribution in [0.4, 0.5) is 5.69 Å². The summed E-state index contributed by atoms with van der Waals surface area (Å²) in [5, 5.41) is 0. The maximum atomic E-state index is 13.4. The van der Waals surface area contributed by atoms with Gasteiger partial charge < -0.3 is 19.3 Å². The minimum absolute atomic E-state index is 0.140. The highest BCUT2D eigenvalue weighted by atomic mass is 32.2. The molecule has 2 heterocycles. The van der Waals surface area contributed by atoms with E-state index >= 15 is 0 Å². The van der Waals surface area contributed by atoms with Gasteiger partial charge in [-0.2, -0.15) is 4.31 Å². The second-order valence-electron chi connectivity index (χ2n) is 8.28. The third kappa shape index (κ3) is 4.79. The predicted octanol–water partition coefficient (Wildman–Crippen LogP) is 2.84. The van der Waals surface area contributed by atoms with Crippen molar-refractivity contribution in [3.63, 3.8) is 0 Å². The lowest BCUT2D eigenvalue weighted by Gasteiger charge is -2.36. The van der Waals surface area contributed by atoms with Crippen LogP contribution in [0.1, 0.15) is 29.6 Å². The first-order valence-electron chi connectivity index (χ1n) is 11.3. The van der Waals surface area contributed by atoms with E-state index in [9.17, 15) is 13.2 Å². The van der Waals surface area contributed by atoms with Crippen molar-refractivity contribution in [3.8, 4) is 11.5 Å². The molecule has 2 aliphatic heterocycles. The zero-order valence-corrected chi connectivity index (χ0v) is 20.0. The fourth-order valence-corrected chi connectivity index (χ4v) is 6.02. The van der Waals surface area contributed by atoms with Gasteiger partial charge in [0.1, 0.15) is 11.5 Å². The van der Waals surface area contributed by atoms with Crippen LogP contribution < -0.4 is 14.4 Å². The lowest BCUT2D eigenvalue weighted by molar-refractivity contribution is 0.0743. The summed E-state index contributed by atoms with van der Waals surface area (Å²) < 4.78 is 38.7. The highest BCUT2D eigenvalue weighted by Crippen LogP contribution is 2.30. The van der Waals surface area contributed by atoms with E-state index in [0.717, 1.165) is 30.7 Å². The van der Waals surface area contributed by atoms with E-state index in [-0.39, 0.29) is 16.4 Å². The quantitative estimate of drug-likeness (QED) is 0.642. The second-order valence-corrected chi connectivity index (χ2v) is 10.2. The predicted molar refractivity (Wildman–Crippen MR) is 127 cm³/mol. The number of anilines is 1. The Balaban J connectivity index is 1.53. The number of nitrogens with zero attached hydrogens (tertiary/aromatic N) is 3. The molecule has 9 heteroatoms. The van der Waals surface area contributed by atoms with E-state index in [1.165, 1.54) is 23.5 Å². The number of amides is 1. The molecule has 0 aliphatic carbocycles. The van der Waals surface area contributed by atoms with Gasteiger partial charge in [-0.05, 0) is 43.2 Å². The highest BCUT2D eigenvalue weighted by molar-refractivity contribution is 7.89. The van der Waals surface area contributed by atoms with Crippen molar-refractivity contribution >= 4 is 21.6 Å². The van der Waals surface area contributed by atoms with Gasteiger partial charge in [0.2, 0.25) is 10.0 Å². The summed E-state index contributed by atoms with van der Waals surface area (Å²) in [5.41, 5.74) is 1.28. The van der Waals surface area contributed by atoms with Crippen molar-refractivity contribution in [2.24, 2.45) is 0 Å². The van der Waals surface area contributed by atoms with E-state index in [0.29, 0.717) is 45.0 Å². The molecular formula is C24H31N3O5S. The van der Waals surface area contributed by atoms with Crippen LogP contribution in [0.15, 0.2) is 47.4 Å². The van der Waals surface area contributed by atoms with Crippen molar-refractivity contribution in [2.75, 3.05) is 58.4 Å². The number of methoxy groups -OCH3 is 2. The standard InChI is InChI=1S/C24H31N3O5S/c1-31-22-11-10-19(33(29,30)27-12-6-3-7-13-27)18-20(22)24(28)26-16-14-25(15-17-26)21-8-4-5-9-23(21)32-2/h4-5,8-11,18H,3,6-7,12-17H2,1-2H3. The number of rotatable bonds is 6. The van der Waals surface area contributed by atoms with Gasteiger partial charge in [-0.15, -0.1) is 0 Å². The monoisotopic (exact) mass is 473 g/mol. The van der Waals surface area contributed by atoms with Crippen LogP contribution >= 0.6 is 0 Å². The molecular weight excluding hydrogens is 442 g/mol. The molecule has 2 aromatic carbocycles. The Morgan fingerprint density at radius 3 is 2.15 bits per heavy atom. The molecule has 2 aliphatic rings. The smallest absolute Gasteiger partial charge is 0.257 e. The number of sulfonamides is 1. The number of hydrogen-bond donors (Lipinski definition) is 0. The molecule has 0 saturated carbocycles. The van der Waals surface area contributed by atoms with Crippen molar-refractivity contribution < 1.29 is 22.7 Å². The number of carbonyl (C=O) groups is 1. The summed E-state index contributed by atoms with van der Waals surface area (Å²) in [4.78, 5) is 17.5. The van der Waals surface area contributed by atoms with Gasteiger partial charge in [0.15, 0.2) is 0 Å². The van der Waals surface area contributed by atoms with E-state index in [4.69, 9.17) is 9.47 Å². The molecule has 2 saturated heterocycles. The SMILES string of the molecule is COc1ccc(S(=O)(=O)N2CCCCC2)cc1C(=O)N1CCN(c2ccccc2OC)CC1. The highest BCUT2D eigenvalue weighted by Gasteiger charge is 2.30. The first-order chi connectivity index (χ1) is 16.0. The van der Waals surface area contributed by atoms with E-state index in [2.05, 4.69) is 4.90 Å². The number of para-hydroxylation sites is 2. The van der Waals surface area contributed by atoms with Crippen molar-refractivity contribution in [3.05, 3.63) is 48.0 Å². The summed E-state index contributed by atoms with van der Waals surface area (Å²) in [5.74, 6) is 0.960. The van der Waals surface area contributed by atoms with Gasteiger partial charge >= 0.3 is 0 Å².